The highest BCUT2D eigenvalue weighted by atomic mass is 16.6. The van der Waals surface area contributed by atoms with Crippen LogP contribution in [0, 0.1) is 0 Å². The average molecular weight is 377 g/mol. The van der Waals surface area contributed by atoms with Crippen LogP contribution in [0.3, 0.4) is 0 Å². The summed E-state index contributed by atoms with van der Waals surface area (Å²) in [7, 11) is 1.62. The van der Waals surface area contributed by atoms with Gasteiger partial charge in [0.25, 0.3) is 0 Å². The van der Waals surface area contributed by atoms with Gasteiger partial charge in [-0.2, -0.15) is 0 Å². The van der Waals surface area contributed by atoms with E-state index in [4.69, 9.17) is 18.9 Å². The highest BCUT2D eigenvalue weighted by molar-refractivity contribution is 5.78. The maximum Gasteiger partial charge on any atom is 0.410 e. The summed E-state index contributed by atoms with van der Waals surface area (Å²) in [5, 5.41) is 0. The van der Waals surface area contributed by atoms with Crippen LogP contribution in [0.25, 0.3) is 0 Å². The number of carbonyl (C=O) groups excluding carboxylic acids is 2. The maximum absolute atomic E-state index is 12.2. The number of esters is 1. The molecule has 0 radical (unpaired) electrons. The molecular weight excluding hydrogens is 350 g/mol. The Morgan fingerprint density at radius 1 is 1.22 bits per heavy atom. The quantitative estimate of drug-likeness (QED) is 0.678. The number of ether oxygens (including phenoxy) is 4. The van der Waals surface area contributed by atoms with E-state index >= 15 is 0 Å². The van der Waals surface area contributed by atoms with E-state index in [0.717, 1.165) is 18.4 Å². The summed E-state index contributed by atoms with van der Waals surface area (Å²) in [6, 6.07) is 5.63. The first-order valence-corrected chi connectivity index (χ1v) is 9.56. The number of rotatable bonds is 7. The minimum Gasteiger partial charge on any atom is -0.493 e. The Morgan fingerprint density at radius 2 is 2.00 bits per heavy atom. The Labute approximate surface area is 159 Å². The van der Waals surface area contributed by atoms with Crippen LogP contribution in [0.1, 0.15) is 50.7 Å². The van der Waals surface area contributed by atoms with E-state index in [1.165, 1.54) is 17.7 Å². The van der Waals surface area contributed by atoms with Gasteiger partial charge in [-0.1, -0.05) is 6.07 Å². The molecule has 2 aliphatic rings. The number of cyclic esters (lactones) is 1. The fourth-order valence-electron chi connectivity index (χ4n) is 3.53. The van der Waals surface area contributed by atoms with Crippen LogP contribution in [0.2, 0.25) is 0 Å². The highest BCUT2D eigenvalue weighted by Gasteiger charge is 2.30. The smallest absolute Gasteiger partial charge is 0.410 e. The lowest BCUT2D eigenvalue weighted by Crippen LogP contribution is -2.42. The molecule has 1 saturated carbocycles. The molecule has 0 N–H and O–H groups in total. The minimum atomic E-state index is -0.506. The van der Waals surface area contributed by atoms with Gasteiger partial charge in [0.15, 0.2) is 11.5 Å². The fraction of sp³-hybridized carbons (Fsp3) is 0.600. The molecule has 1 atom stereocenters. The van der Waals surface area contributed by atoms with Gasteiger partial charge in [0.2, 0.25) is 0 Å². The van der Waals surface area contributed by atoms with Crippen molar-refractivity contribution in [1.29, 1.82) is 0 Å². The molecule has 0 aromatic heterocycles. The van der Waals surface area contributed by atoms with E-state index in [1.54, 1.807) is 14.0 Å². The van der Waals surface area contributed by atoms with Crippen LogP contribution >= 0.6 is 0 Å². The third-order valence-corrected chi connectivity index (χ3v) is 4.94. The monoisotopic (exact) mass is 377 g/mol. The summed E-state index contributed by atoms with van der Waals surface area (Å²) in [4.78, 5) is 25.2. The summed E-state index contributed by atoms with van der Waals surface area (Å²) in [6.45, 7) is 2.38. The van der Waals surface area contributed by atoms with Gasteiger partial charge in [0.1, 0.15) is 12.6 Å². The molecule has 1 unspecified atom stereocenters. The third-order valence-electron chi connectivity index (χ3n) is 4.94. The number of methoxy groups -OCH3 is 1. The van der Waals surface area contributed by atoms with Crippen LogP contribution in [0.15, 0.2) is 18.2 Å². The summed E-state index contributed by atoms with van der Waals surface area (Å²) in [5.74, 6) is 0.938. The average Bonchev–Trinajstić information content (AvgIpc) is 3.16. The molecule has 0 bridgehead atoms. The van der Waals surface area contributed by atoms with E-state index < -0.39 is 12.1 Å². The van der Waals surface area contributed by atoms with E-state index in [1.807, 2.05) is 18.2 Å². The van der Waals surface area contributed by atoms with Crippen LogP contribution in [0.4, 0.5) is 4.79 Å². The van der Waals surface area contributed by atoms with E-state index in [0.29, 0.717) is 31.1 Å². The number of hydrogen-bond acceptors (Lipinski definition) is 6. The minimum absolute atomic E-state index is 0.0853. The number of nitrogens with zero attached hydrogens (tertiary/aromatic N) is 1. The lowest BCUT2D eigenvalue weighted by Gasteiger charge is -2.31. The van der Waals surface area contributed by atoms with E-state index in [9.17, 15) is 9.59 Å². The molecule has 7 heteroatoms. The second kappa shape index (κ2) is 8.97. The van der Waals surface area contributed by atoms with Crippen molar-refractivity contribution in [2.45, 2.75) is 51.2 Å². The van der Waals surface area contributed by atoms with Crippen molar-refractivity contribution in [3.63, 3.8) is 0 Å². The van der Waals surface area contributed by atoms with Gasteiger partial charge in [-0.05, 0) is 50.3 Å². The van der Waals surface area contributed by atoms with Gasteiger partial charge in [0.05, 0.1) is 19.8 Å². The van der Waals surface area contributed by atoms with Gasteiger partial charge >= 0.3 is 12.1 Å². The standard InChI is InChI=1S/C20H27NO6/c1-3-25-19(22)13-21-11-10-16(27-20(21)23)14-8-9-17(24-2)18(12-14)26-15-6-4-5-7-15/h8-9,12,15-16H,3-7,10-11,13H2,1-2H3. The van der Waals surface area contributed by atoms with Crippen molar-refractivity contribution in [2.75, 3.05) is 26.8 Å². The lowest BCUT2D eigenvalue weighted by molar-refractivity contribution is -0.144. The van der Waals surface area contributed by atoms with Crippen LogP contribution in [-0.4, -0.2) is 49.9 Å². The van der Waals surface area contributed by atoms with Gasteiger partial charge in [-0.3, -0.25) is 9.69 Å². The topological polar surface area (TPSA) is 74.3 Å². The molecule has 27 heavy (non-hydrogen) atoms. The molecule has 1 aromatic rings. The number of amides is 1. The van der Waals surface area contributed by atoms with Crippen LogP contribution in [-0.2, 0) is 14.3 Å². The molecule has 1 saturated heterocycles. The Kier molecular flexibility index (Phi) is 6.42. The van der Waals surface area contributed by atoms with Crippen molar-refractivity contribution in [1.82, 2.24) is 4.90 Å². The number of carbonyl (C=O) groups is 2. The molecule has 1 aliphatic carbocycles. The summed E-state index contributed by atoms with van der Waals surface area (Å²) in [6.07, 6.45) is 4.40. The van der Waals surface area contributed by atoms with Crippen molar-refractivity contribution < 1.29 is 28.5 Å². The molecule has 0 spiro atoms. The van der Waals surface area contributed by atoms with E-state index in [2.05, 4.69) is 0 Å². The van der Waals surface area contributed by atoms with Crippen molar-refractivity contribution >= 4 is 12.1 Å². The largest absolute Gasteiger partial charge is 0.493 e. The molecule has 1 heterocycles. The van der Waals surface area contributed by atoms with Gasteiger partial charge in [0, 0.05) is 13.0 Å². The third kappa shape index (κ3) is 4.84. The zero-order chi connectivity index (χ0) is 19.2. The Hall–Kier alpha value is -2.44. The van der Waals surface area contributed by atoms with Crippen LogP contribution < -0.4 is 9.47 Å². The maximum atomic E-state index is 12.2. The Morgan fingerprint density at radius 3 is 2.67 bits per heavy atom. The lowest BCUT2D eigenvalue weighted by atomic mass is 10.0. The molecule has 1 aromatic carbocycles. The van der Waals surface area contributed by atoms with Crippen LogP contribution in [0.5, 0.6) is 11.5 Å². The Bertz CT molecular complexity index is 670. The van der Waals surface area contributed by atoms with Gasteiger partial charge < -0.3 is 18.9 Å². The predicted octanol–water partition coefficient (Wildman–Crippen LogP) is 3.46. The first kappa shape index (κ1) is 19.3. The molecule has 2 fully saturated rings. The first-order valence-electron chi connectivity index (χ1n) is 9.56. The van der Waals surface area contributed by atoms with Crippen molar-refractivity contribution in [3.8, 4) is 11.5 Å². The highest BCUT2D eigenvalue weighted by Crippen LogP contribution is 2.36. The molecule has 1 aliphatic heterocycles. The van der Waals surface area contributed by atoms with Crippen molar-refractivity contribution in [2.24, 2.45) is 0 Å². The SMILES string of the molecule is CCOC(=O)CN1CCC(c2ccc(OC)c(OC3CCCC3)c2)OC1=O. The second-order valence-corrected chi connectivity index (χ2v) is 6.82. The normalized spacial score (nSPS) is 20.3. The van der Waals surface area contributed by atoms with Gasteiger partial charge in [-0.25, -0.2) is 4.79 Å². The fourth-order valence-corrected chi connectivity index (χ4v) is 3.53. The molecule has 7 nitrogen and oxygen atoms in total. The number of hydrogen-bond donors (Lipinski definition) is 0. The zero-order valence-electron chi connectivity index (χ0n) is 15.9. The number of benzene rings is 1. The summed E-state index contributed by atoms with van der Waals surface area (Å²) in [5.41, 5.74) is 0.868. The van der Waals surface area contributed by atoms with Crippen molar-refractivity contribution in [3.05, 3.63) is 23.8 Å². The molecule has 148 valence electrons. The van der Waals surface area contributed by atoms with E-state index in [-0.39, 0.29) is 18.8 Å². The summed E-state index contributed by atoms with van der Waals surface area (Å²) < 4.78 is 22.0. The summed E-state index contributed by atoms with van der Waals surface area (Å²) >= 11 is 0. The molecule has 1 amide bonds. The van der Waals surface area contributed by atoms with Gasteiger partial charge in [-0.15, -0.1) is 0 Å². The molecular formula is C20H27NO6. The predicted molar refractivity (Wildman–Crippen MR) is 97.9 cm³/mol. The molecule has 3 rings (SSSR count). The zero-order valence-corrected chi connectivity index (χ0v) is 15.9. The Balaban J connectivity index is 1.66. The second-order valence-electron chi connectivity index (χ2n) is 6.82. The first-order chi connectivity index (χ1) is 13.1.